The number of aryl methyl sites for hydroxylation is 1. The molecule has 0 radical (unpaired) electrons. The Morgan fingerprint density at radius 2 is 1.78 bits per heavy atom. The topological polar surface area (TPSA) is 38.3 Å². The molecule has 0 aliphatic rings. The standard InChI is InChI=1S/C18H19Cl2NO2/c1-23-12-14-7-5-13(6-8-14)11-21-17(22)10-9-15-3-2-4-16(19)18(15)20/h2-8H,9-12H2,1H3,(H,21,22). The summed E-state index contributed by atoms with van der Waals surface area (Å²) in [5.41, 5.74) is 3.05. The molecular formula is C18H19Cl2NO2. The van der Waals surface area contributed by atoms with Crippen LogP contribution in [0.5, 0.6) is 0 Å². The van der Waals surface area contributed by atoms with E-state index in [-0.39, 0.29) is 5.91 Å². The average molecular weight is 352 g/mol. The third-order valence-electron chi connectivity index (χ3n) is 3.48. The molecule has 2 aromatic carbocycles. The summed E-state index contributed by atoms with van der Waals surface area (Å²) in [6.45, 7) is 1.10. The van der Waals surface area contributed by atoms with Crippen LogP contribution >= 0.6 is 23.2 Å². The number of amides is 1. The van der Waals surface area contributed by atoms with Gasteiger partial charge in [0.1, 0.15) is 0 Å². The molecule has 122 valence electrons. The summed E-state index contributed by atoms with van der Waals surface area (Å²) in [7, 11) is 1.67. The quantitative estimate of drug-likeness (QED) is 0.803. The highest BCUT2D eigenvalue weighted by atomic mass is 35.5. The van der Waals surface area contributed by atoms with Gasteiger partial charge in [-0.2, -0.15) is 0 Å². The van der Waals surface area contributed by atoms with Crippen molar-refractivity contribution in [2.45, 2.75) is 26.0 Å². The number of hydrogen-bond acceptors (Lipinski definition) is 2. The van der Waals surface area contributed by atoms with Gasteiger partial charge in [0.15, 0.2) is 0 Å². The molecule has 0 saturated carbocycles. The number of hydrogen-bond donors (Lipinski definition) is 1. The van der Waals surface area contributed by atoms with E-state index in [4.69, 9.17) is 27.9 Å². The van der Waals surface area contributed by atoms with E-state index in [0.717, 1.165) is 16.7 Å². The van der Waals surface area contributed by atoms with Crippen molar-refractivity contribution in [3.63, 3.8) is 0 Å². The maximum Gasteiger partial charge on any atom is 0.220 e. The minimum atomic E-state index is -0.0120. The fraction of sp³-hybridized carbons (Fsp3) is 0.278. The number of ether oxygens (including phenoxy) is 1. The zero-order valence-corrected chi connectivity index (χ0v) is 14.5. The summed E-state index contributed by atoms with van der Waals surface area (Å²) in [4.78, 5) is 11.9. The number of carbonyl (C=O) groups excluding carboxylic acids is 1. The van der Waals surface area contributed by atoms with Crippen molar-refractivity contribution in [1.29, 1.82) is 0 Å². The van der Waals surface area contributed by atoms with E-state index < -0.39 is 0 Å². The number of carbonyl (C=O) groups is 1. The first-order valence-corrected chi connectivity index (χ1v) is 8.12. The van der Waals surface area contributed by atoms with Crippen LogP contribution in [0.2, 0.25) is 10.0 Å². The van der Waals surface area contributed by atoms with Gasteiger partial charge in [-0.05, 0) is 29.2 Å². The molecule has 1 amide bonds. The summed E-state index contributed by atoms with van der Waals surface area (Å²) in [6, 6.07) is 13.4. The van der Waals surface area contributed by atoms with Crippen LogP contribution in [0.1, 0.15) is 23.1 Å². The van der Waals surface area contributed by atoms with Crippen molar-refractivity contribution in [2.24, 2.45) is 0 Å². The van der Waals surface area contributed by atoms with Crippen molar-refractivity contribution in [3.8, 4) is 0 Å². The second-order valence-corrected chi connectivity index (χ2v) is 6.02. The highest BCUT2D eigenvalue weighted by Gasteiger charge is 2.07. The van der Waals surface area contributed by atoms with Gasteiger partial charge in [0.2, 0.25) is 5.91 Å². The van der Waals surface area contributed by atoms with Crippen LogP contribution in [-0.2, 0) is 29.1 Å². The lowest BCUT2D eigenvalue weighted by atomic mass is 10.1. The molecule has 0 unspecified atom stereocenters. The van der Waals surface area contributed by atoms with E-state index in [9.17, 15) is 4.79 Å². The van der Waals surface area contributed by atoms with Crippen LogP contribution in [0, 0.1) is 0 Å². The van der Waals surface area contributed by atoms with Gasteiger partial charge in [-0.3, -0.25) is 4.79 Å². The molecule has 3 nitrogen and oxygen atoms in total. The molecule has 0 aliphatic carbocycles. The van der Waals surface area contributed by atoms with Crippen molar-refractivity contribution in [1.82, 2.24) is 5.32 Å². The number of methoxy groups -OCH3 is 1. The molecule has 23 heavy (non-hydrogen) atoms. The van der Waals surface area contributed by atoms with Crippen LogP contribution in [0.25, 0.3) is 0 Å². The third-order valence-corrected chi connectivity index (χ3v) is 4.33. The second-order valence-electron chi connectivity index (χ2n) is 5.24. The number of halogens is 2. The van der Waals surface area contributed by atoms with Crippen LogP contribution in [0.4, 0.5) is 0 Å². The number of rotatable bonds is 7. The van der Waals surface area contributed by atoms with Crippen molar-refractivity contribution in [3.05, 3.63) is 69.2 Å². The third kappa shape index (κ3) is 5.54. The molecule has 0 spiro atoms. The molecule has 0 saturated heterocycles. The van der Waals surface area contributed by atoms with E-state index in [1.807, 2.05) is 36.4 Å². The van der Waals surface area contributed by atoms with E-state index in [1.54, 1.807) is 13.2 Å². The summed E-state index contributed by atoms with van der Waals surface area (Å²) in [6.07, 6.45) is 0.944. The Bertz CT molecular complexity index is 657. The Labute approximate surface area is 146 Å². The minimum absolute atomic E-state index is 0.0120. The lowest BCUT2D eigenvalue weighted by molar-refractivity contribution is -0.121. The van der Waals surface area contributed by atoms with Gasteiger partial charge in [0.05, 0.1) is 16.7 Å². The predicted octanol–water partition coefficient (Wildman–Crippen LogP) is 4.39. The molecule has 0 aliphatic heterocycles. The Morgan fingerprint density at radius 3 is 2.48 bits per heavy atom. The molecule has 1 N–H and O–H groups in total. The van der Waals surface area contributed by atoms with E-state index in [1.165, 1.54) is 0 Å². The molecule has 2 aromatic rings. The summed E-state index contributed by atoms with van der Waals surface area (Å²) in [5, 5.41) is 3.95. The van der Waals surface area contributed by atoms with Crippen LogP contribution < -0.4 is 5.32 Å². The van der Waals surface area contributed by atoms with E-state index in [0.29, 0.717) is 36.0 Å². The normalized spacial score (nSPS) is 10.6. The maximum absolute atomic E-state index is 11.9. The molecule has 0 bridgehead atoms. The largest absolute Gasteiger partial charge is 0.380 e. The van der Waals surface area contributed by atoms with Crippen LogP contribution in [-0.4, -0.2) is 13.0 Å². The Morgan fingerprint density at radius 1 is 1.09 bits per heavy atom. The summed E-state index contributed by atoms with van der Waals surface area (Å²) >= 11 is 12.1. The molecule has 0 aromatic heterocycles. The SMILES string of the molecule is COCc1ccc(CNC(=O)CCc2cccc(Cl)c2Cl)cc1. The summed E-state index contributed by atoms with van der Waals surface area (Å²) in [5.74, 6) is -0.0120. The highest BCUT2D eigenvalue weighted by molar-refractivity contribution is 6.42. The first-order valence-electron chi connectivity index (χ1n) is 7.36. The van der Waals surface area contributed by atoms with Crippen LogP contribution in [0.15, 0.2) is 42.5 Å². The van der Waals surface area contributed by atoms with Gasteiger partial charge < -0.3 is 10.1 Å². The number of benzene rings is 2. The molecule has 0 atom stereocenters. The van der Waals surface area contributed by atoms with Gasteiger partial charge in [-0.15, -0.1) is 0 Å². The minimum Gasteiger partial charge on any atom is -0.380 e. The lowest BCUT2D eigenvalue weighted by Crippen LogP contribution is -2.23. The fourth-order valence-electron chi connectivity index (χ4n) is 2.20. The van der Waals surface area contributed by atoms with Crippen molar-refractivity contribution >= 4 is 29.1 Å². The zero-order valence-electron chi connectivity index (χ0n) is 12.9. The van der Waals surface area contributed by atoms with Gasteiger partial charge in [0.25, 0.3) is 0 Å². The van der Waals surface area contributed by atoms with Gasteiger partial charge >= 0.3 is 0 Å². The van der Waals surface area contributed by atoms with Crippen molar-refractivity contribution < 1.29 is 9.53 Å². The zero-order chi connectivity index (χ0) is 16.7. The smallest absolute Gasteiger partial charge is 0.220 e. The molecular weight excluding hydrogens is 333 g/mol. The van der Waals surface area contributed by atoms with E-state index in [2.05, 4.69) is 5.32 Å². The van der Waals surface area contributed by atoms with Gasteiger partial charge in [-0.1, -0.05) is 59.6 Å². The molecule has 0 fully saturated rings. The Hall–Kier alpha value is -1.55. The number of nitrogens with one attached hydrogen (secondary N) is 1. The predicted molar refractivity (Wildman–Crippen MR) is 93.8 cm³/mol. The van der Waals surface area contributed by atoms with Gasteiger partial charge in [-0.25, -0.2) is 0 Å². The lowest BCUT2D eigenvalue weighted by Gasteiger charge is -2.08. The van der Waals surface area contributed by atoms with Crippen molar-refractivity contribution in [2.75, 3.05) is 7.11 Å². The van der Waals surface area contributed by atoms with Gasteiger partial charge in [0, 0.05) is 20.1 Å². The monoisotopic (exact) mass is 351 g/mol. The average Bonchev–Trinajstić information content (AvgIpc) is 2.56. The summed E-state index contributed by atoms with van der Waals surface area (Å²) < 4.78 is 5.07. The van der Waals surface area contributed by atoms with E-state index >= 15 is 0 Å². The molecule has 5 heteroatoms. The first kappa shape index (κ1) is 17.8. The Kier molecular flexibility index (Phi) is 6.90. The molecule has 0 heterocycles. The first-order chi connectivity index (χ1) is 11.1. The Balaban J connectivity index is 1.79. The highest BCUT2D eigenvalue weighted by Crippen LogP contribution is 2.26. The molecule has 2 rings (SSSR count). The maximum atomic E-state index is 11.9. The second kappa shape index (κ2) is 8.92. The fourth-order valence-corrected chi connectivity index (χ4v) is 2.61. The van der Waals surface area contributed by atoms with Crippen LogP contribution in [0.3, 0.4) is 0 Å².